The summed E-state index contributed by atoms with van der Waals surface area (Å²) < 4.78 is 6.14. The van der Waals surface area contributed by atoms with Crippen molar-refractivity contribution in [1.29, 1.82) is 0 Å². The summed E-state index contributed by atoms with van der Waals surface area (Å²) in [5.41, 5.74) is 0.431. The van der Waals surface area contributed by atoms with E-state index in [9.17, 15) is 4.79 Å². The fraction of sp³-hybridized carbons (Fsp3) is 0.222. The Balaban J connectivity index is 3.11. The molecular weight excluding hydrogens is 335 g/mol. The lowest BCUT2D eigenvalue weighted by atomic mass is 10.2. The first-order valence-corrected chi connectivity index (χ1v) is 5.85. The molecule has 0 radical (unpaired) electrons. The van der Waals surface area contributed by atoms with Crippen molar-refractivity contribution in [1.82, 2.24) is 0 Å². The summed E-state index contributed by atoms with van der Waals surface area (Å²) in [4.78, 5) is 11.4. The van der Waals surface area contributed by atoms with E-state index in [0.29, 0.717) is 21.7 Å². The van der Waals surface area contributed by atoms with Gasteiger partial charge in [-0.25, -0.2) is 4.79 Å². The lowest BCUT2D eigenvalue weighted by Crippen LogP contribution is -2.05. The monoisotopic (exact) mass is 340 g/mol. The molecule has 0 aliphatic heterocycles. The standard InChI is InChI=1S/C9H7Br2ClO2/c1-2-14-9(13)5-3-4-6(10)8(12)7(5)11/h3-4H,2H2,1H3. The SMILES string of the molecule is CCOC(=O)c1ccc(Br)c(Cl)c1Br. The van der Waals surface area contributed by atoms with Crippen LogP contribution >= 0.6 is 43.5 Å². The minimum absolute atomic E-state index is 0.346. The summed E-state index contributed by atoms with van der Waals surface area (Å²) in [5.74, 6) is -0.381. The number of hydrogen-bond donors (Lipinski definition) is 0. The molecule has 0 aliphatic carbocycles. The Labute approximate surface area is 104 Å². The summed E-state index contributed by atoms with van der Waals surface area (Å²) in [7, 11) is 0. The van der Waals surface area contributed by atoms with Crippen LogP contribution in [0.1, 0.15) is 17.3 Å². The third kappa shape index (κ3) is 2.49. The van der Waals surface area contributed by atoms with Crippen LogP contribution in [0.25, 0.3) is 0 Å². The van der Waals surface area contributed by atoms with Gasteiger partial charge >= 0.3 is 5.97 Å². The summed E-state index contributed by atoms with van der Waals surface area (Å²) in [6.45, 7) is 2.10. The number of carbonyl (C=O) groups is 1. The first kappa shape index (κ1) is 12.0. The fourth-order valence-electron chi connectivity index (χ4n) is 0.892. The van der Waals surface area contributed by atoms with Crippen LogP contribution in [-0.4, -0.2) is 12.6 Å². The summed E-state index contributed by atoms with van der Waals surface area (Å²) in [6, 6.07) is 3.36. The quantitative estimate of drug-likeness (QED) is 0.599. The third-order valence-corrected chi connectivity index (χ3v) is 3.86. The number of rotatable bonds is 2. The lowest BCUT2D eigenvalue weighted by molar-refractivity contribution is 0.0525. The van der Waals surface area contributed by atoms with Crippen molar-refractivity contribution in [3.05, 3.63) is 31.7 Å². The van der Waals surface area contributed by atoms with Gasteiger partial charge in [-0.05, 0) is 50.9 Å². The van der Waals surface area contributed by atoms with E-state index in [1.54, 1.807) is 19.1 Å². The molecule has 0 aromatic heterocycles. The van der Waals surface area contributed by atoms with E-state index in [-0.39, 0.29) is 5.97 Å². The van der Waals surface area contributed by atoms with Gasteiger partial charge < -0.3 is 4.74 Å². The Kier molecular flexibility index (Phi) is 4.41. The van der Waals surface area contributed by atoms with Crippen molar-refractivity contribution in [2.24, 2.45) is 0 Å². The van der Waals surface area contributed by atoms with Gasteiger partial charge in [0.25, 0.3) is 0 Å². The van der Waals surface area contributed by atoms with E-state index < -0.39 is 0 Å². The predicted molar refractivity (Wildman–Crippen MR) is 62.8 cm³/mol. The van der Waals surface area contributed by atoms with Crippen molar-refractivity contribution in [3.63, 3.8) is 0 Å². The smallest absolute Gasteiger partial charge is 0.339 e. The second-order valence-electron chi connectivity index (χ2n) is 2.44. The molecular formula is C9H7Br2ClO2. The number of halogens is 3. The van der Waals surface area contributed by atoms with E-state index in [1.165, 1.54) is 0 Å². The molecule has 0 atom stereocenters. The normalized spacial score (nSPS) is 10.0. The van der Waals surface area contributed by atoms with E-state index in [0.717, 1.165) is 4.47 Å². The first-order chi connectivity index (χ1) is 6.57. The molecule has 1 aromatic carbocycles. The van der Waals surface area contributed by atoms with Gasteiger partial charge in [0.15, 0.2) is 0 Å². The number of esters is 1. The van der Waals surface area contributed by atoms with Crippen molar-refractivity contribution in [2.75, 3.05) is 6.61 Å². The number of hydrogen-bond acceptors (Lipinski definition) is 2. The Bertz CT molecular complexity index is 366. The van der Waals surface area contributed by atoms with Crippen molar-refractivity contribution >= 4 is 49.4 Å². The highest BCUT2D eigenvalue weighted by Gasteiger charge is 2.14. The van der Waals surface area contributed by atoms with Crippen LogP contribution in [0.2, 0.25) is 5.02 Å². The van der Waals surface area contributed by atoms with Crippen LogP contribution in [-0.2, 0) is 4.74 Å². The van der Waals surface area contributed by atoms with Crippen LogP contribution in [0.15, 0.2) is 21.1 Å². The molecule has 0 amide bonds. The first-order valence-electron chi connectivity index (χ1n) is 3.88. The predicted octanol–water partition coefficient (Wildman–Crippen LogP) is 4.04. The molecule has 5 heteroatoms. The molecule has 0 fully saturated rings. The minimum Gasteiger partial charge on any atom is -0.462 e. The molecule has 0 spiro atoms. The van der Waals surface area contributed by atoms with Gasteiger partial charge in [-0.2, -0.15) is 0 Å². The van der Waals surface area contributed by atoms with Crippen LogP contribution in [0.5, 0.6) is 0 Å². The van der Waals surface area contributed by atoms with Gasteiger partial charge in [0.1, 0.15) is 0 Å². The van der Waals surface area contributed by atoms with Gasteiger partial charge in [0, 0.05) is 4.47 Å². The van der Waals surface area contributed by atoms with Crippen molar-refractivity contribution in [2.45, 2.75) is 6.92 Å². The molecule has 0 bridgehead atoms. The number of carbonyl (C=O) groups excluding carboxylic acids is 1. The molecule has 2 nitrogen and oxygen atoms in total. The molecule has 1 rings (SSSR count). The van der Waals surface area contributed by atoms with E-state index in [2.05, 4.69) is 31.9 Å². The maximum absolute atomic E-state index is 11.4. The number of benzene rings is 1. The minimum atomic E-state index is -0.381. The average molecular weight is 342 g/mol. The topological polar surface area (TPSA) is 26.3 Å². The van der Waals surface area contributed by atoms with Gasteiger partial charge in [0.05, 0.1) is 21.7 Å². The second kappa shape index (κ2) is 5.14. The molecule has 0 N–H and O–H groups in total. The van der Waals surface area contributed by atoms with Gasteiger partial charge in [-0.3, -0.25) is 0 Å². The van der Waals surface area contributed by atoms with Crippen molar-refractivity contribution in [3.8, 4) is 0 Å². The fourth-order valence-corrected chi connectivity index (χ4v) is 2.16. The molecule has 1 aromatic rings. The lowest BCUT2D eigenvalue weighted by Gasteiger charge is -2.06. The van der Waals surface area contributed by atoms with Gasteiger partial charge in [0.2, 0.25) is 0 Å². The summed E-state index contributed by atoms with van der Waals surface area (Å²) >= 11 is 12.4. The zero-order valence-electron chi connectivity index (χ0n) is 7.31. The third-order valence-electron chi connectivity index (χ3n) is 1.53. The Morgan fingerprint density at radius 3 is 2.71 bits per heavy atom. The zero-order valence-corrected chi connectivity index (χ0v) is 11.2. The number of ether oxygens (including phenoxy) is 1. The molecule has 0 heterocycles. The largest absolute Gasteiger partial charge is 0.462 e. The van der Waals surface area contributed by atoms with Crippen LogP contribution < -0.4 is 0 Å². The Morgan fingerprint density at radius 2 is 2.14 bits per heavy atom. The van der Waals surface area contributed by atoms with Gasteiger partial charge in [-0.15, -0.1) is 0 Å². The van der Waals surface area contributed by atoms with Crippen LogP contribution in [0.4, 0.5) is 0 Å². The highest BCUT2D eigenvalue weighted by molar-refractivity contribution is 9.11. The van der Waals surface area contributed by atoms with E-state index >= 15 is 0 Å². The maximum atomic E-state index is 11.4. The molecule has 76 valence electrons. The van der Waals surface area contributed by atoms with Crippen LogP contribution in [0.3, 0.4) is 0 Å². The molecule has 0 saturated heterocycles. The summed E-state index contributed by atoms with van der Waals surface area (Å²) in [5, 5.41) is 0.468. The second-order valence-corrected chi connectivity index (χ2v) is 4.47. The Hall–Kier alpha value is -0.0600. The molecule has 0 aliphatic rings. The summed E-state index contributed by atoms with van der Waals surface area (Å²) in [6.07, 6.45) is 0. The molecule has 14 heavy (non-hydrogen) atoms. The van der Waals surface area contributed by atoms with E-state index in [1.807, 2.05) is 0 Å². The Morgan fingerprint density at radius 1 is 1.50 bits per heavy atom. The highest BCUT2D eigenvalue weighted by Crippen LogP contribution is 2.33. The maximum Gasteiger partial charge on any atom is 0.339 e. The van der Waals surface area contributed by atoms with Gasteiger partial charge in [-0.1, -0.05) is 11.6 Å². The highest BCUT2D eigenvalue weighted by atomic mass is 79.9. The zero-order chi connectivity index (χ0) is 10.7. The average Bonchev–Trinajstić information content (AvgIpc) is 2.15. The van der Waals surface area contributed by atoms with Crippen LogP contribution in [0, 0.1) is 0 Å². The molecule has 0 unspecified atom stereocenters. The van der Waals surface area contributed by atoms with Crippen molar-refractivity contribution < 1.29 is 9.53 Å². The van der Waals surface area contributed by atoms with E-state index in [4.69, 9.17) is 16.3 Å². The molecule has 0 saturated carbocycles.